The van der Waals surface area contributed by atoms with E-state index in [9.17, 15) is 14.7 Å². The first kappa shape index (κ1) is 23.2. The number of benzene rings is 2. The second-order valence-electron chi connectivity index (χ2n) is 8.89. The SMILES string of the molecule is Cn1cc(C[C@H](NC(=O)OC(C)(C)C)C(=O)NCCc2ccc(O)cc2)c2ccccc21. The number of hydrogen-bond donors (Lipinski definition) is 3. The van der Waals surface area contributed by atoms with Gasteiger partial charge in [-0.25, -0.2) is 4.79 Å². The predicted molar refractivity (Wildman–Crippen MR) is 125 cm³/mol. The lowest BCUT2D eigenvalue weighted by atomic mass is 10.0. The average Bonchev–Trinajstić information content (AvgIpc) is 3.03. The largest absolute Gasteiger partial charge is 0.508 e. The van der Waals surface area contributed by atoms with Gasteiger partial charge >= 0.3 is 6.09 Å². The first-order valence-electron chi connectivity index (χ1n) is 10.7. The number of para-hydroxylation sites is 1. The van der Waals surface area contributed by atoms with E-state index in [4.69, 9.17) is 4.74 Å². The van der Waals surface area contributed by atoms with Crippen LogP contribution >= 0.6 is 0 Å². The number of carbonyl (C=O) groups is 2. The third-order valence-corrected chi connectivity index (χ3v) is 5.06. The molecule has 7 nitrogen and oxygen atoms in total. The lowest BCUT2D eigenvalue weighted by molar-refractivity contribution is -0.123. The molecular formula is C25H31N3O4. The Kier molecular flexibility index (Phi) is 7.08. The summed E-state index contributed by atoms with van der Waals surface area (Å²) in [6.07, 6.45) is 2.31. The summed E-state index contributed by atoms with van der Waals surface area (Å²) in [5.74, 6) is -0.0722. The number of alkyl carbamates (subject to hydrolysis) is 1. The van der Waals surface area contributed by atoms with E-state index in [0.717, 1.165) is 22.0 Å². The van der Waals surface area contributed by atoms with Crippen molar-refractivity contribution in [2.75, 3.05) is 6.54 Å². The van der Waals surface area contributed by atoms with Crippen LogP contribution < -0.4 is 10.6 Å². The lowest BCUT2D eigenvalue weighted by Crippen LogP contribution is -2.49. The quantitative estimate of drug-likeness (QED) is 0.526. The van der Waals surface area contributed by atoms with Gasteiger partial charge in [0.2, 0.25) is 5.91 Å². The number of nitrogens with zero attached hydrogens (tertiary/aromatic N) is 1. The molecule has 2 aromatic carbocycles. The number of aryl methyl sites for hydroxylation is 1. The van der Waals surface area contributed by atoms with Gasteiger partial charge in [-0.3, -0.25) is 4.79 Å². The second-order valence-corrected chi connectivity index (χ2v) is 8.89. The summed E-state index contributed by atoms with van der Waals surface area (Å²) in [6.45, 7) is 5.75. The van der Waals surface area contributed by atoms with Gasteiger partial charge < -0.3 is 25.0 Å². The summed E-state index contributed by atoms with van der Waals surface area (Å²) >= 11 is 0. The van der Waals surface area contributed by atoms with E-state index in [1.807, 2.05) is 54.2 Å². The highest BCUT2D eigenvalue weighted by atomic mass is 16.6. The van der Waals surface area contributed by atoms with Crippen molar-refractivity contribution in [3.8, 4) is 5.75 Å². The van der Waals surface area contributed by atoms with Crippen LogP contribution in [0, 0.1) is 0 Å². The Morgan fingerprint density at radius 2 is 1.78 bits per heavy atom. The normalized spacial score (nSPS) is 12.4. The highest BCUT2D eigenvalue weighted by Crippen LogP contribution is 2.22. The van der Waals surface area contributed by atoms with Crippen LogP contribution in [0.5, 0.6) is 5.75 Å². The Bertz CT molecular complexity index is 1080. The molecule has 0 aliphatic rings. The van der Waals surface area contributed by atoms with Gasteiger partial charge in [0.05, 0.1) is 0 Å². The molecule has 0 aliphatic heterocycles. The number of fused-ring (bicyclic) bond motifs is 1. The maximum Gasteiger partial charge on any atom is 0.408 e. The monoisotopic (exact) mass is 437 g/mol. The summed E-state index contributed by atoms with van der Waals surface area (Å²) in [6, 6.07) is 14.0. The molecule has 0 radical (unpaired) electrons. The second kappa shape index (κ2) is 9.77. The molecule has 0 bridgehead atoms. The number of hydrogen-bond acceptors (Lipinski definition) is 4. The molecule has 2 amide bonds. The molecule has 3 aromatic rings. The van der Waals surface area contributed by atoms with Gasteiger partial charge in [0, 0.05) is 37.1 Å². The summed E-state index contributed by atoms with van der Waals surface area (Å²) < 4.78 is 7.39. The van der Waals surface area contributed by atoms with E-state index in [2.05, 4.69) is 10.6 Å². The maximum atomic E-state index is 13.0. The molecule has 0 saturated heterocycles. The molecule has 3 rings (SSSR count). The molecule has 170 valence electrons. The van der Waals surface area contributed by atoms with Crippen LogP contribution in [0.4, 0.5) is 4.79 Å². The topological polar surface area (TPSA) is 92.6 Å². The van der Waals surface area contributed by atoms with E-state index in [0.29, 0.717) is 19.4 Å². The number of rotatable bonds is 7. The van der Waals surface area contributed by atoms with Crippen LogP contribution in [0.3, 0.4) is 0 Å². The zero-order chi connectivity index (χ0) is 23.3. The third kappa shape index (κ3) is 6.26. The molecule has 7 heteroatoms. The molecule has 1 heterocycles. The number of carbonyl (C=O) groups excluding carboxylic acids is 2. The van der Waals surface area contributed by atoms with Crippen LogP contribution in [0.25, 0.3) is 10.9 Å². The maximum absolute atomic E-state index is 13.0. The molecule has 32 heavy (non-hydrogen) atoms. The fourth-order valence-corrected chi connectivity index (χ4v) is 3.58. The minimum atomic E-state index is -0.782. The van der Waals surface area contributed by atoms with E-state index in [1.54, 1.807) is 32.9 Å². The first-order chi connectivity index (χ1) is 15.1. The van der Waals surface area contributed by atoms with E-state index >= 15 is 0 Å². The Morgan fingerprint density at radius 3 is 2.47 bits per heavy atom. The van der Waals surface area contributed by atoms with E-state index in [1.165, 1.54) is 0 Å². The minimum absolute atomic E-state index is 0.203. The molecule has 0 spiro atoms. The fourth-order valence-electron chi connectivity index (χ4n) is 3.58. The summed E-state index contributed by atoms with van der Waals surface area (Å²) in [5, 5.41) is 16.1. The van der Waals surface area contributed by atoms with E-state index < -0.39 is 17.7 Å². The molecule has 0 saturated carbocycles. The van der Waals surface area contributed by atoms with Crippen molar-refractivity contribution in [2.45, 2.75) is 45.3 Å². The third-order valence-electron chi connectivity index (χ3n) is 5.06. The summed E-state index contributed by atoms with van der Waals surface area (Å²) in [7, 11) is 1.96. The van der Waals surface area contributed by atoms with Crippen molar-refractivity contribution in [1.82, 2.24) is 15.2 Å². The highest BCUT2D eigenvalue weighted by molar-refractivity contribution is 5.88. The molecule has 0 unspecified atom stereocenters. The number of phenols is 1. The Morgan fingerprint density at radius 1 is 1.09 bits per heavy atom. The van der Waals surface area contributed by atoms with Crippen molar-refractivity contribution in [3.05, 3.63) is 65.9 Å². The Hall–Kier alpha value is -3.48. The minimum Gasteiger partial charge on any atom is -0.508 e. The number of phenolic OH excluding ortho intramolecular Hbond substituents is 1. The molecule has 1 aromatic heterocycles. The van der Waals surface area contributed by atoms with Crippen LogP contribution in [0.1, 0.15) is 31.9 Å². The van der Waals surface area contributed by atoms with Crippen LogP contribution in [0.2, 0.25) is 0 Å². The van der Waals surface area contributed by atoms with Gasteiger partial charge in [-0.1, -0.05) is 30.3 Å². The van der Waals surface area contributed by atoms with Crippen LogP contribution in [0.15, 0.2) is 54.7 Å². The fraction of sp³-hybridized carbons (Fsp3) is 0.360. The smallest absolute Gasteiger partial charge is 0.408 e. The molecule has 3 N–H and O–H groups in total. The molecule has 0 fully saturated rings. The van der Waals surface area contributed by atoms with Crippen molar-refractivity contribution in [3.63, 3.8) is 0 Å². The predicted octanol–water partition coefficient (Wildman–Crippen LogP) is 3.68. The zero-order valence-electron chi connectivity index (χ0n) is 19.0. The van der Waals surface area contributed by atoms with Crippen LogP contribution in [-0.2, 0) is 29.4 Å². The van der Waals surface area contributed by atoms with Crippen LogP contribution in [-0.4, -0.2) is 39.9 Å². The number of nitrogens with one attached hydrogen (secondary N) is 2. The standard InChI is InChI=1S/C25H31N3O4/c1-25(2,3)32-24(31)27-21(15-18-16-28(4)22-8-6-5-7-20(18)22)23(30)26-14-13-17-9-11-19(29)12-10-17/h5-12,16,21,29H,13-15H2,1-4H3,(H,26,30)(H,27,31)/t21-/m0/s1. The summed E-state index contributed by atoms with van der Waals surface area (Å²) in [4.78, 5) is 25.4. The van der Waals surface area contributed by atoms with E-state index in [-0.39, 0.29) is 11.7 Å². The van der Waals surface area contributed by atoms with Crippen molar-refractivity contribution >= 4 is 22.9 Å². The average molecular weight is 438 g/mol. The number of ether oxygens (including phenoxy) is 1. The Balaban J connectivity index is 1.72. The number of amides is 2. The van der Waals surface area contributed by atoms with Crippen molar-refractivity contribution < 1.29 is 19.4 Å². The van der Waals surface area contributed by atoms with Gasteiger partial charge in [-0.15, -0.1) is 0 Å². The van der Waals surface area contributed by atoms with Crippen molar-refractivity contribution in [2.24, 2.45) is 7.05 Å². The van der Waals surface area contributed by atoms with Gasteiger partial charge in [0.25, 0.3) is 0 Å². The van der Waals surface area contributed by atoms with Crippen molar-refractivity contribution in [1.29, 1.82) is 0 Å². The Labute approximate surface area is 188 Å². The molecule has 1 atom stereocenters. The lowest BCUT2D eigenvalue weighted by Gasteiger charge is -2.23. The van der Waals surface area contributed by atoms with Gasteiger partial charge in [0.15, 0.2) is 0 Å². The summed E-state index contributed by atoms with van der Waals surface area (Å²) in [5.41, 5.74) is 2.36. The highest BCUT2D eigenvalue weighted by Gasteiger charge is 2.25. The van der Waals surface area contributed by atoms with Gasteiger partial charge in [-0.2, -0.15) is 0 Å². The molecular weight excluding hydrogens is 406 g/mol. The van der Waals surface area contributed by atoms with Gasteiger partial charge in [0.1, 0.15) is 17.4 Å². The first-order valence-corrected chi connectivity index (χ1v) is 10.7. The number of aromatic nitrogens is 1. The zero-order valence-corrected chi connectivity index (χ0v) is 19.0. The number of aromatic hydroxyl groups is 1. The molecule has 0 aliphatic carbocycles. The van der Waals surface area contributed by atoms with Gasteiger partial charge in [-0.05, 0) is 56.5 Å².